The Morgan fingerprint density at radius 1 is 0.783 bits per heavy atom. The molecule has 0 atom stereocenters. The first-order valence-electron chi connectivity index (χ1n) is 9.60. The van der Waals surface area contributed by atoms with E-state index in [4.69, 9.17) is 16.3 Å². The molecule has 0 heterocycles. The maximum Gasteiger partial charge on any atom is 0.0647 e. The number of ether oxygens (including phenoxy) is 1. The van der Waals surface area contributed by atoms with Crippen molar-refractivity contribution in [2.24, 2.45) is 0 Å². The normalized spacial score (nSPS) is 10.9. The molecule has 0 aliphatic rings. The van der Waals surface area contributed by atoms with Gasteiger partial charge in [0.2, 0.25) is 0 Å². The lowest BCUT2D eigenvalue weighted by Gasteiger charge is -2.00. The average Bonchev–Trinajstić information content (AvgIpc) is 2.57. The number of rotatable bonds is 17. The topological polar surface area (TPSA) is 9.23 Å². The Morgan fingerprint density at radius 2 is 1.48 bits per heavy atom. The van der Waals surface area contributed by atoms with Crippen LogP contribution in [0.2, 0.25) is 0 Å². The molecule has 0 saturated carbocycles. The highest BCUT2D eigenvalue weighted by molar-refractivity contribution is 6.17. The van der Waals surface area contributed by atoms with Crippen LogP contribution >= 0.6 is 11.6 Å². The van der Waals surface area contributed by atoms with Crippen LogP contribution in [0.4, 0.5) is 0 Å². The zero-order valence-corrected chi connectivity index (χ0v) is 16.0. The highest BCUT2D eigenvalue weighted by atomic mass is 35.5. The van der Waals surface area contributed by atoms with E-state index in [1.165, 1.54) is 57.8 Å². The third-order valence-electron chi connectivity index (χ3n) is 3.73. The lowest BCUT2D eigenvalue weighted by molar-refractivity contribution is 0.167. The van der Waals surface area contributed by atoms with E-state index >= 15 is 0 Å². The van der Waals surface area contributed by atoms with Crippen LogP contribution in [0.3, 0.4) is 0 Å². The third-order valence-corrected chi connectivity index (χ3v) is 4.00. The molecule has 0 aromatic heterocycles. The molecule has 0 aliphatic heterocycles. The van der Waals surface area contributed by atoms with Gasteiger partial charge in [0.1, 0.15) is 0 Å². The first kappa shape index (κ1) is 22.5. The number of hydrogen-bond donors (Lipinski definition) is 0. The molecule has 0 radical (unpaired) electrons. The second kappa shape index (κ2) is 21.5. The van der Waals surface area contributed by atoms with Gasteiger partial charge in [0.05, 0.1) is 13.2 Å². The molecule has 0 spiro atoms. The molecule has 0 amide bonds. The summed E-state index contributed by atoms with van der Waals surface area (Å²) in [6, 6.07) is 0. The Balaban J connectivity index is 3.18. The van der Waals surface area contributed by atoms with Crippen LogP contribution in [-0.2, 0) is 4.74 Å². The molecule has 0 N–H and O–H groups in total. The van der Waals surface area contributed by atoms with E-state index in [9.17, 15) is 0 Å². The van der Waals surface area contributed by atoms with E-state index in [0.29, 0.717) is 0 Å². The van der Waals surface area contributed by atoms with Crippen LogP contribution in [0.5, 0.6) is 0 Å². The Bertz CT molecular complexity index is 303. The lowest BCUT2D eigenvalue weighted by atomic mass is 10.1. The lowest BCUT2D eigenvalue weighted by Crippen LogP contribution is -1.92. The first-order valence-corrected chi connectivity index (χ1v) is 10.1. The van der Waals surface area contributed by atoms with Gasteiger partial charge in [-0.3, -0.25) is 0 Å². The minimum Gasteiger partial charge on any atom is -0.377 e. The summed E-state index contributed by atoms with van der Waals surface area (Å²) in [6.45, 7) is 3.79. The van der Waals surface area contributed by atoms with Crippen molar-refractivity contribution in [3.05, 3.63) is 30.0 Å². The largest absolute Gasteiger partial charge is 0.377 e. The van der Waals surface area contributed by atoms with Gasteiger partial charge in [-0.1, -0.05) is 64.0 Å². The van der Waals surface area contributed by atoms with Gasteiger partial charge < -0.3 is 4.74 Å². The fourth-order valence-corrected chi connectivity index (χ4v) is 2.46. The van der Waals surface area contributed by atoms with E-state index in [-0.39, 0.29) is 0 Å². The van der Waals surface area contributed by atoms with E-state index in [1.807, 2.05) is 12.2 Å². The van der Waals surface area contributed by atoms with Crippen LogP contribution in [0.15, 0.2) is 30.0 Å². The van der Waals surface area contributed by atoms with Crippen LogP contribution in [0, 0.1) is 0 Å². The summed E-state index contributed by atoms with van der Waals surface area (Å²) in [6.07, 6.45) is 23.8. The average molecular weight is 341 g/mol. The van der Waals surface area contributed by atoms with Crippen LogP contribution in [0.1, 0.15) is 84.0 Å². The molecule has 0 aromatic carbocycles. The van der Waals surface area contributed by atoms with Gasteiger partial charge in [0.25, 0.3) is 0 Å². The number of alkyl halides is 1. The highest BCUT2D eigenvalue weighted by Crippen LogP contribution is 2.09. The summed E-state index contributed by atoms with van der Waals surface area (Å²) in [4.78, 5) is 0. The standard InChI is InChI=1S/C21H37ClO/c1-2-3-4-5-6-7-8-9-11-14-17-20-23-21-18-15-12-10-13-16-19-22/h10,14-15,17H,2-9,11,13,16,18-21H2,1H3. The van der Waals surface area contributed by atoms with Crippen molar-refractivity contribution in [3.8, 4) is 0 Å². The summed E-state index contributed by atoms with van der Waals surface area (Å²) in [5, 5.41) is 0. The van der Waals surface area contributed by atoms with Crippen molar-refractivity contribution in [3.63, 3.8) is 0 Å². The van der Waals surface area contributed by atoms with Gasteiger partial charge in [-0.05, 0) is 44.3 Å². The zero-order valence-electron chi connectivity index (χ0n) is 15.2. The number of unbranched alkanes of at least 4 members (excludes halogenated alkanes) is 9. The minimum atomic E-state index is 0.729. The van der Waals surface area contributed by atoms with E-state index in [2.05, 4.69) is 24.8 Å². The molecule has 2 heteroatoms. The number of halogens is 1. The predicted molar refractivity (Wildman–Crippen MR) is 104 cm³/mol. The Labute approximate surface area is 149 Å². The highest BCUT2D eigenvalue weighted by Gasteiger charge is 1.90. The molecular formula is C21H37ClO. The van der Waals surface area contributed by atoms with E-state index < -0.39 is 0 Å². The molecule has 0 unspecified atom stereocenters. The first-order chi connectivity index (χ1) is 11.4. The van der Waals surface area contributed by atoms with Crippen molar-refractivity contribution in [1.82, 2.24) is 0 Å². The van der Waals surface area contributed by atoms with Crippen LogP contribution < -0.4 is 0 Å². The molecule has 0 saturated heterocycles. The summed E-state index contributed by atoms with van der Waals surface area (Å²) in [5.41, 5.74) is 3.16. The molecule has 23 heavy (non-hydrogen) atoms. The fraction of sp³-hybridized carbons (Fsp3) is 0.762. The van der Waals surface area contributed by atoms with Crippen LogP contribution in [0.25, 0.3) is 0 Å². The second-order valence-electron chi connectivity index (χ2n) is 6.00. The number of allylic oxidation sites excluding steroid dienone is 1. The SMILES string of the molecule is CCCCCCCCCCC=CCOCCC=C=CCCCCl. The quantitative estimate of drug-likeness (QED) is 0.118. The molecule has 0 rings (SSSR count). The van der Waals surface area contributed by atoms with Crippen LogP contribution in [-0.4, -0.2) is 19.1 Å². The van der Waals surface area contributed by atoms with Gasteiger partial charge in [-0.15, -0.1) is 17.3 Å². The summed E-state index contributed by atoms with van der Waals surface area (Å²) >= 11 is 5.60. The van der Waals surface area contributed by atoms with E-state index in [0.717, 1.165) is 38.4 Å². The van der Waals surface area contributed by atoms with Crippen molar-refractivity contribution in [2.75, 3.05) is 19.1 Å². The molecule has 1 nitrogen and oxygen atoms in total. The van der Waals surface area contributed by atoms with Crippen molar-refractivity contribution >= 4 is 11.6 Å². The summed E-state index contributed by atoms with van der Waals surface area (Å²) in [5.74, 6) is 0.729. The summed E-state index contributed by atoms with van der Waals surface area (Å²) < 4.78 is 5.55. The molecule has 134 valence electrons. The van der Waals surface area contributed by atoms with Gasteiger partial charge in [0, 0.05) is 5.88 Å². The van der Waals surface area contributed by atoms with Crippen molar-refractivity contribution in [2.45, 2.75) is 84.0 Å². The molecule has 0 aliphatic carbocycles. The molecule has 0 bridgehead atoms. The Hall–Kier alpha value is -0.490. The second-order valence-corrected chi connectivity index (χ2v) is 6.38. The van der Waals surface area contributed by atoms with Crippen molar-refractivity contribution in [1.29, 1.82) is 0 Å². The van der Waals surface area contributed by atoms with Gasteiger partial charge in [-0.2, -0.15) is 0 Å². The molecule has 0 fully saturated rings. The maximum absolute atomic E-state index is 5.60. The smallest absolute Gasteiger partial charge is 0.0647 e. The van der Waals surface area contributed by atoms with Gasteiger partial charge in [-0.25, -0.2) is 0 Å². The molecule has 0 aromatic rings. The predicted octanol–water partition coefficient (Wildman–Crippen LogP) is 7.21. The van der Waals surface area contributed by atoms with Gasteiger partial charge in [0.15, 0.2) is 0 Å². The van der Waals surface area contributed by atoms with Crippen molar-refractivity contribution < 1.29 is 4.74 Å². The monoisotopic (exact) mass is 340 g/mol. The maximum atomic E-state index is 5.60. The zero-order chi connectivity index (χ0) is 16.8. The van der Waals surface area contributed by atoms with Gasteiger partial charge >= 0.3 is 0 Å². The van der Waals surface area contributed by atoms with E-state index in [1.54, 1.807) is 0 Å². The minimum absolute atomic E-state index is 0.729. The summed E-state index contributed by atoms with van der Waals surface area (Å²) in [7, 11) is 0. The molecular weight excluding hydrogens is 304 g/mol. The third kappa shape index (κ3) is 21.5. The fourth-order valence-electron chi connectivity index (χ4n) is 2.30. The Kier molecular flexibility index (Phi) is 21.1. The Morgan fingerprint density at radius 3 is 2.22 bits per heavy atom. The number of hydrogen-bond acceptors (Lipinski definition) is 1.